The fourth-order valence-corrected chi connectivity index (χ4v) is 2.39. The van der Waals surface area contributed by atoms with Crippen LogP contribution in [-0.4, -0.2) is 22.9 Å². The van der Waals surface area contributed by atoms with Crippen molar-refractivity contribution in [3.63, 3.8) is 0 Å². The topological polar surface area (TPSA) is 29.9 Å². The second-order valence-corrected chi connectivity index (χ2v) is 6.17. The molecular weight excluding hydrogens is 258 g/mol. The summed E-state index contributed by atoms with van der Waals surface area (Å²) < 4.78 is 2.04. The zero-order valence-electron chi connectivity index (χ0n) is 13.5. The average Bonchev–Trinajstić information content (AvgIpc) is 2.88. The Hall–Kier alpha value is -1.61. The van der Waals surface area contributed by atoms with E-state index >= 15 is 0 Å². The maximum atomic E-state index is 4.48. The molecule has 21 heavy (non-hydrogen) atoms. The Bertz CT molecular complexity index is 543. The molecule has 1 aromatic carbocycles. The molecule has 0 aliphatic rings. The molecule has 0 radical (unpaired) electrons. The van der Waals surface area contributed by atoms with Crippen LogP contribution in [0.25, 0.3) is 0 Å². The second-order valence-electron chi connectivity index (χ2n) is 6.17. The van der Waals surface area contributed by atoms with Crippen LogP contribution in [0.5, 0.6) is 0 Å². The van der Waals surface area contributed by atoms with Crippen LogP contribution in [0.3, 0.4) is 0 Å². The highest BCUT2D eigenvalue weighted by atomic mass is 15.3. The summed E-state index contributed by atoms with van der Waals surface area (Å²) in [5, 5.41) is 7.96. The molecule has 0 spiro atoms. The number of aromatic nitrogens is 2. The molecule has 0 unspecified atom stereocenters. The van der Waals surface area contributed by atoms with E-state index in [1.54, 1.807) is 0 Å². The number of hydrogen-bond donors (Lipinski definition) is 1. The first kappa shape index (κ1) is 15.8. The Morgan fingerprint density at radius 2 is 2.05 bits per heavy atom. The van der Waals surface area contributed by atoms with Crippen LogP contribution in [0.2, 0.25) is 0 Å². The van der Waals surface area contributed by atoms with E-state index in [-0.39, 0.29) is 0 Å². The van der Waals surface area contributed by atoms with Crippen molar-refractivity contribution in [2.75, 3.05) is 13.1 Å². The van der Waals surface area contributed by atoms with Crippen LogP contribution in [0, 0.1) is 12.8 Å². The minimum Gasteiger partial charge on any atom is -0.316 e. The monoisotopic (exact) mass is 285 g/mol. The molecule has 1 N–H and O–H groups in total. The molecule has 0 saturated heterocycles. The summed E-state index contributed by atoms with van der Waals surface area (Å²) in [5.74, 6) is 0.724. The molecular formula is C18H27N3. The molecule has 1 aromatic heterocycles. The summed E-state index contributed by atoms with van der Waals surface area (Å²) in [7, 11) is 0. The Balaban J connectivity index is 1.78. The summed E-state index contributed by atoms with van der Waals surface area (Å²) in [6.07, 6.45) is 6.44. The maximum Gasteiger partial charge on any atom is 0.0662 e. The lowest BCUT2D eigenvalue weighted by Gasteiger charge is -2.06. The normalized spacial score (nSPS) is 11.2. The van der Waals surface area contributed by atoms with Crippen molar-refractivity contribution >= 4 is 0 Å². The number of nitrogens with one attached hydrogen (secondary N) is 1. The van der Waals surface area contributed by atoms with Gasteiger partial charge < -0.3 is 5.32 Å². The van der Waals surface area contributed by atoms with E-state index in [2.05, 4.69) is 61.6 Å². The fourth-order valence-electron chi connectivity index (χ4n) is 2.39. The van der Waals surface area contributed by atoms with E-state index in [4.69, 9.17) is 0 Å². The minimum atomic E-state index is 0.724. The highest BCUT2D eigenvalue weighted by Crippen LogP contribution is 2.10. The van der Waals surface area contributed by atoms with Gasteiger partial charge in [-0.2, -0.15) is 5.10 Å². The molecule has 0 fully saturated rings. The Labute approximate surface area is 128 Å². The van der Waals surface area contributed by atoms with Crippen molar-refractivity contribution in [3.8, 4) is 0 Å². The number of nitrogens with zero attached hydrogens (tertiary/aromatic N) is 2. The molecule has 2 aromatic rings. The molecule has 0 aliphatic carbocycles. The van der Waals surface area contributed by atoms with E-state index < -0.39 is 0 Å². The van der Waals surface area contributed by atoms with Gasteiger partial charge in [-0.3, -0.25) is 4.68 Å². The summed E-state index contributed by atoms with van der Waals surface area (Å²) in [6.45, 7) is 9.68. The molecule has 114 valence electrons. The smallest absolute Gasteiger partial charge is 0.0662 e. The molecule has 2 rings (SSSR count). The molecule has 0 saturated carbocycles. The largest absolute Gasteiger partial charge is 0.316 e. The van der Waals surface area contributed by atoms with Gasteiger partial charge in [-0.1, -0.05) is 38.1 Å². The third-order valence-corrected chi connectivity index (χ3v) is 3.65. The van der Waals surface area contributed by atoms with Gasteiger partial charge in [0.15, 0.2) is 0 Å². The van der Waals surface area contributed by atoms with Crippen LogP contribution < -0.4 is 5.32 Å². The van der Waals surface area contributed by atoms with Gasteiger partial charge in [-0.15, -0.1) is 0 Å². The maximum absolute atomic E-state index is 4.48. The van der Waals surface area contributed by atoms with Gasteiger partial charge in [0.2, 0.25) is 0 Å². The van der Waals surface area contributed by atoms with Crippen LogP contribution >= 0.6 is 0 Å². The van der Waals surface area contributed by atoms with E-state index in [0.29, 0.717) is 0 Å². The Morgan fingerprint density at radius 1 is 1.24 bits per heavy atom. The molecule has 3 nitrogen and oxygen atoms in total. The minimum absolute atomic E-state index is 0.724. The quantitative estimate of drug-likeness (QED) is 0.753. The lowest BCUT2D eigenvalue weighted by Crippen LogP contribution is -2.20. The molecule has 0 aliphatic heterocycles. The van der Waals surface area contributed by atoms with Crippen LogP contribution in [-0.2, 0) is 13.0 Å². The van der Waals surface area contributed by atoms with Gasteiger partial charge in [0.25, 0.3) is 0 Å². The average molecular weight is 285 g/mol. The standard InChI is InChI=1S/C18H27N3/c1-15(2)11-19-10-6-8-17-12-20-21(13-17)14-18-9-5-4-7-16(18)3/h4-5,7,9,12-13,15,19H,6,8,10-11,14H2,1-3H3. The number of rotatable bonds is 8. The van der Waals surface area contributed by atoms with Crippen LogP contribution in [0.4, 0.5) is 0 Å². The fraction of sp³-hybridized carbons (Fsp3) is 0.500. The third kappa shape index (κ3) is 5.35. The predicted molar refractivity (Wildman–Crippen MR) is 88.5 cm³/mol. The summed E-state index contributed by atoms with van der Waals surface area (Å²) in [5.41, 5.74) is 3.99. The van der Waals surface area contributed by atoms with Crippen LogP contribution in [0.1, 0.15) is 37.0 Å². The van der Waals surface area contributed by atoms with Gasteiger partial charge in [0.1, 0.15) is 0 Å². The first-order valence-electron chi connectivity index (χ1n) is 7.91. The van der Waals surface area contributed by atoms with E-state index in [1.165, 1.54) is 23.1 Å². The van der Waals surface area contributed by atoms with Crippen molar-refractivity contribution < 1.29 is 0 Å². The van der Waals surface area contributed by atoms with Crippen LogP contribution in [0.15, 0.2) is 36.7 Å². The zero-order valence-corrected chi connectivity index (χ0v) is 13.5. The molecule has 3 heteroatoms. The van der Waals surface area contributed by atoms with Crippen molar-refractivity contribution in [1.29, 1.82) is 0 Å². The predicted octanol–water partition coefficient (Wildman–Crippen LogP) is 3.42. The highest BCUT2D eigenvalue weighted by Gasteiger charge is 2.02. The first-order chi connectivity index (χ1) is 10.1. The van der Waals surface area contributed by atoms with Crippen molar-refractivity contribution in [3.05, 3.63) is 53.3 Å². The SMILES string of the molecule is Cc1ccccc1Cn1cc(CCCNCC(C)C)cn1. The Morgan fingerprint density at radius 3 is 2.81 bits per heavy atom. The molecule has 0 atom stereocenters. The van der Waals surface area contributed by atoms with Crippen molar-refractivity contribution in [2.45, 2.75) is 40.2 Å². The third-order valence-electron chi connectivity index (χ3n) is 3.65. The number of hydrogen-bond acceptors (Lipinski definition) is 2. The van der Waals surface area contributed by atoms with Gasteiger partial charge >= 0.3 is 0 Å². The number of benzene rings is 1. The van der Waals surface area contributed by atoms with Crippen molar-refractivity contribution in [1.82, 2.24) is 15.1 Å². The lowest BCUT2D eigenvalue weighted by molar-refractivity contribution is 0.543. The van der Waals surface area contributed by atoms with E-state index in [1.807, 2.05) is 10.9 Å². The second kappa shape index (κ2) is 7.99. The molecule has 0 amide bonds. The summed E-state index contributed by atoms with van der Waals surface area (Å²) >= 11 is 0. The van der Waals surface area contributed by atoms with E-state index in [9.17, 15) is 0 Å². The van der Waals surface area contributed by atoms with Gasteiger partial charge in [0, 0.05) is 6.20 Å². The zero-order chi connectivity index (χ0) is 15.1. The van der Waals surface area contributed by atoms with Gasteiger partial charge in [0.05, 0.1) is 12.7 Å². The first-order valence-corrected chi connectivity index (χ1v) is 7.91. The van der Waals surface area contributed by atoms with Gasteiger partial charge in [-0.25, -0.2) is 0 Å². The van der Waals surface area contributed by atoms with Crippen molar-refractivity contribution in [2.24, 2.45) is 5.92 Å². The molecule has 1 heterocycles. The summed E-state index contributed by atoms with van der Waals surface area (Å²) in [6, 6.07) is 8.50. The Kier molecular flexibility index (Phi) is 6.00. The molecule has 0 bridgehead atoms. The van der Waals surface area contributed by atoms with E-state index in [0.717, 1.165) is 32.0 Å². The van der Waals surface area contributed by atoms with Gasteiger partial charge in [-0.05, 0) is 55.5 Å². The lowest BCUT2D eigenvalue weighted by atomic mass is 10.1. The summed E-state index contributed by atoms with van der Waals surface area (Å²) in [4.78, 5) is 0. The number of aryl methyl sites for hydroxylation is 2. The highest BCUT2D eigenvalue weighted by molar-refractivity contribution is 5.25.